The largest absolute Gasteiger partial charge is 0.334 e. The number of aromatic nitrogens is 2. The van der Waals surface area contributed by atoms with Crippen molar-refractivity contribution in [2.45, 2.75) is 31.8 Å². The molecule has 0 saturated carbocycles. The molecule has 0 spiro atoms. The third kappa shape index (κ3) is 2.51. The van der Waals surface area contributed by atoms with Gasteiger partial charge in [-0.1, -0.05) is 11.3 Å². The lowest BCUT2D eigenvalue weighted by molar-refractivity contribution is 0.563. The molecule has 15 heavy (non-hydrogen) atoms. The van der Waals surface area contributed by atoms with Crippen LogP contribution in [0.2, 0.25) is 0 Å². The van der Waals surface area contributed by atoms with Crippen LogP contribution in [0.4, 0.5) is 0 Å². The Hall–Kier alpha value is -1.46. The molecule has 1 aromatic rings. The quantitative estimate of drug-likeness (QED) is 0.560. The number of isocyanates is 1. The van der Waals surface area contributed by atoms with E-state index in [-0.39, 0.29) is 5.03 Å². The first kappa shape index (κ1) is 11.6. The van der Waals surface area contributed by atoms with Crippen LogP contribution in [0.15, 0.2) is 15.6 Å². The number of hydrogen-bond acceptors (Lipinski definition) is 4. The number of imidazole rings is 1. The molecular formula is C8H11N3O3S. The van der Waals surface area contributed by atoms with Gasteiger partial charge in [-0.3, -0.25) is 0 Å². The second kappa shape index (κ2) is 4.37. The third-order valence-electron chi connectivity index (χ3n) is 1.84. The van der Waals surface area contributed by atoms with Crippen molar-refractivity contribution < 1.29 is 13.2 Å². The molecule has 0 aromatic carbocycles. The molecule has 0 amide bonds. The highest BCUT2D eigenvalue weighted by Gasteiger charge is 2.17. The van der Waals surface area contributed by atoms with Crippen LogP contribution in [0, 0.1) is 6.92 Å². The van der Waals surface area contributed by atoms with Gasteiger partial charge in [-0.25, -0.2) is 9.78 Å². The second-order valence-electron chi connectivity index (χ2n) is 2.98. The highest BCUT2D eigenvalue weighted by atomic mass is 32.2. The minimum atomic E-state index is -3.96. The van der Waals surface area contributed by atoms with Crippen LogP contribution in [0.1, 0.15) is 19.2 Å². The number of sulfonamides is 1. The highest BCUT2D eigenvalue weighted by molar-refractivity contribution is 7.90. The van der Waals surface area contributed by atoms with Crippen molar-refractivity contribution in [2.75, 3.05) is 0 Å². The van der Waals surface area contributed by atoms with Crippen molar-refractivity contribution >= 4 is 16.1 Å². The molecule has 0 saturated heterocycles. The molecule has 82 valence electrons. The van der Waals surface area contributed by atoms with Crippen LogP contribution in [0.25, 0.3) is 0 Å². The third-order valence-corrected chi connectivity index (χ3v) is 2.88. The standard InChI is InChI=1S/C8H11N3O3S/c1-3-4-11-5-8(10-7(11)2)15(13,14)9-6-12/h5H,3-4H2,1-2H3. The Kier molecular flexibility index (Phi) is 3.39. The van der Waals surface area contributed by atoms with Crippen molar-refractivity contribution in [2.24, 2.45) is 4.40 Å². The summed E-state index contributed by atoms with van der Waals surface area (Å²) in [7, 11) is -3.96. The predicted octanol–water partition coefficient (Wildman–Crippen LogP) is 0.626. The average Bonchev–Trinajstić information content (AvgIpc) is 2.49. The van der Waals surface area contributed by atoms with Gasteiger partial charge in [-0.05, 0) is 13.3 Å². The topological polar surface area (TPSA) is 81.4 Å². The monoisotopic (exact) mass is 229 g/mol. The summed E-state index contributed by atoms with van der Waals surface area (Å²) in [5.41, 5.74) is 0. The van der Waals surface area contributed by atoms with E-state index >= 15 is 0 Å². The molecule has 0 fully saturated rings. The Morgan fingerprint density at radius 2 is 2.27 bits per heavy atom. The van der Waals surface area contributed by atoms with Crippen LogP contribution in [0.5, 0.6) is 0 Å². The smallest absolute Gasteiger partial charge is 0.311 e. The van der Waals surface area contributed by atoms with Gasteiger partial charge in [0.15, 0.2) is 5.03 Å². The SMILES string of the molecule is CCCn1cc(S(=O)(=O)N=C=O)nc1C. The van der Waals surface area contributed by atoms with Gasteiger partial charge < -0.3 is 4.57 Å². The lowest BCUT2D eigenvalue weighted by Crippen LogP contribution is -1.97. The molecule has 0 unspecified atom stereocenters. The fourth-order valence-electron chi connectivity index (χ4n) is 1.17. The molecule has 0 aliphatic carbocycles. The molecule has 6 nitrogen and oxygen atoms in total. The van der Waals surface area contributed by atoms with E-state index in [0.29, 0.717) is 12.4 Å². The van der Waals surface area contributed by atoms with Crippen LogP contribution < -0.4 is 0 Å². The van der Waals surface area contributed by atoms with Crippen LogP contribution in [-0.2, 0) is 21.4 Å². The fraction of sp³-hybridized carbons (Fsp3) is 0.500. The zero-order chi connectivity index (χ0) is 11.5. The van der Waals surface area contributed by atoms with Crippen molar-refractivity contribution in [3.63, 3.8) is 0 Å². The lowest BCUT2D eigenvalue weighted by Gasteiger charge is -1.99. The fourth-order valence-corrected chi connectivity index (χ4v) is 1.87. The Labute approximate surface area is 87.7 Å². The summed E-state index contributed by atoms with van der Waals surface area (Å²) in [5.74, 6) is 0.580. The molecule has 7 heteroatoms. The van der Waals surface area contributed by atoms with Gasteiger partial charge in [0, 0.05) is 12.7 Å². The Bertz CT molecular complexity index is 497. The van der Waals surface area contributed by atoms with Gasteiger partial charge >= 0.3 is 10.0 Å². The van der Waals surface area contributed by atoms with E-state index in [9.17, 15) is 13.2 Å². The molecule has 0 aliphatic heterocycles. The maximum atomic E-state index is 11.3. The zero-order valence-electron chi connectivity index (χ0n) is 8.47. The van der Waals surface area contributed by atoms with E-state index in [2.05, 4.69) is 9.38 Å². The summed E-state index contributed by atoms with van der Waals surface area (Å²) in [6, 6.07) is 0. The summed E-state index contributed by atoms with van der Waals surface area (Å²) < 4.78 is 27.0. The summed E-state index contributed by atoms with van der Waals surface area (Å²) >= 11 is 0. The molecule has 1 heterocycles. The molecule has 0 aliphatic rings. The number of rotatable bonds is 4. The van der Waals surface area contributed by atoms with Crippen molar-refractivity contribution in [3.8, 4) is 0 Å². The van der Waals surface area contributed by atoms with Crippen LogP contribution in [-0.4, -0.2) is 24.0 Å². The van der Waals surface area contributed by atoms with Gasteiger partial charge in [-0.2, -0.15) is 8.42 Å². The number of hydrogen-bond donors (Lipinski definition) is 0. The maximum Gasteiger partial charge on any atom is 0.311 e. The average molecular weight is 229 g/mol. The predicted molar refractivity (Wildman–Crippen MR) is 52.6 cm³/mol. The molecular weight excluding hydrogens is 218 g/mol. The zero-order valence-corrected chi connectivity index (χ0v) is 9.28. The Morgan fingerprint density at radius 1 is 1.60 bits per heavy atom. The first-order chi connectivity index (χ1) is 7.01. The van der Waals surface area contributed by atoms with E-state index in [1.807, 2.05) is 6.92 Å². The van der Waals surface area contributed by atoms with E-state index in [1.165, 1.54) is 6.20 Å². The van der Waals surface area contributed by atoms with Gasteiger partial charge in [-0.15, -0.1) is 0 Å². The first-order valence-corrected chi connectivity index (χ1v) is 5.83. The highest BCUT2D eigenvalue weighted by Crippen LogP contribution is 2.11. The maximum absolute atomic E-state index is 11.3. The molecule has 0 atom stereocenters. The normalized spacial score (nSPS) is 11.1. The van der Waals surface area contributed by atoms with Gasteiger partial charge in [0.1, 0.15) is 5.82 Å². The second-order valence-corrected chi connectivity index (χ2v) is 4.53. The van der Waals surface area contributed by atoms with Crippen LogP contribution in [0.3, 0.4) is 0 Å². The number of nitrogens with zero attached hydrogens (tertiary/aromatic N) is 3. The van der Waals surface area contributed by atoms with Gasteiger partial charge in [0.25, 0.3) is 6.08 Å². The summed E-state index contributed by atoms with van der Waals surface area (Å²) in [6.45, 7) is 4.34. The molecule has 0 N–H and O–H groups in total. The Balaban J connectivity index is 3.18. The van der Waals surface area contributed by atoms with E-state index in [1.54, 1.807) is 11.5 Å². The summed E-state index contributed by atoms with van der Waals surface area (Å²) in [6.07, 6.45) is 3.24. The Morgan fingerprint density at radius 3 is 2.80 bits per heavy atom. The molecule has 1 aromatic heterocycles. The van der Waals surface area contributed by atoms with Crippen LogP contribution >= 0.6 is 0 Å². The lowest BCUT2D eigenvalue weighted by atomic mass is 10.5. The number of carbonyl (C=O) groups excluding carboxylic acids is 1. The number of aryl methyl sites for hydroxylation is 2. The van der Waals surface area contributed by atoms with Crippen molar-refractivity contribution in [3.05, 3.63) is 12.0 Å². The van der Waals surface area contributed by atoms with E-state index < -0.39 is 10.0 Å². The molecule has 0 radical (unpaired) electrons. The summed E-state index contributed by atoms with van der Waals surface area (Å²) in [5, 5.41) is -0.211. The van der Waals surface area contributed by atoms with Gasteiger partial charge in [0.05, 0.1) is 0 Å². The van der Waals surface area contributed by atoms with E-state index in [4.69, 9.17) is 0 Å². The minimum absolute atomic E-state index is 0.211. The first-order valence-electron chi connectivity index (χ1n) is 4.39. The van der Waals surface area contributed by atoms with E-state index in [0.717, 1.165) is 12.5 Å². The van der Waals surface area contributed by atoms with Crippen molar-refractivity contribution in [1.82, 2.24) is 9.55 Å². The summed E-state index contributed by atoms with van der Waals surface area (Å²) in [4.78, 5) is 13.7. The van der Waals surface area contributed by atoms with Gasteiger partial charge in [0.2, 0.25) is 0 Å². The molecule has 1 rings (SSSR count). The molecule has 0 bridgehead atoms. The minimum Gasteiger partial charge on any atom is -0.334 e. The van der Waals surface area contributed by atoms with Crippen molar-refractivity contribution in [1.29, 1.82) is 0 Å².